The molecule has 2 rings (SSSR count). The molecule has 1 saturated heterocycles. The number of rotatable bonds is 3. The molecule has 1 atom stereocenters. The van der Waals surface area contributed by atoms with Gasteiger partial charge in [-0.1, -0.05) is 11.6 Å². The standard InChI is InChI=1S/C11H14ClNO4S2/c1-7-6-8(18-9(7)12)19(16,17)13-5-3-4-11(13,2)10(14)15/h6H,3-5H2,1-2H3,(H,14,15). The van der Waals surface area contributed by atoms with E-state index in [0.29, 0.717) is 22.7 Å². The van der Waals surface area contributed by atoms with E-state index < -0.39 is 21.5 Å². The first kappa shape index (κ1) is 14.8. The van der Waals surface area contributed by atoms with Crippen LogP contribution in [-0.4, -0.2) is 35.9 Å². The first-order valence-electron chi connectivity index (χ1n) is 5.72. The molecule has 0 aliphatic carbocycles. The summed E-state index contributed by atoms with van der Waals surface area (Å²) in [6, 6.07) is 1.49. The van der Waals surface area contributed by atoms with E-state index in [1.54, 1.807) is 6.92 Å². The van der Waals surface area contributed by atoms with E-state index in [1.807, 2.05) is 0 Å². The van der Waals surface area contributed by atoms with Gasteiger partial charge >= 0.3 is 5.97 Å². The Morgan fingerprint density at radius 3 is 2.68 bits per heavy atom. The van der Waals surface area contributed by atoms with Crippen molar-refractivity contribution in [1.82, 2.24) is 4.31 Å². The average molecular weight is 324 g/mol. The third-order valence-electron chi connectivity index (χ3n) is 3.41. The molecule has 1 N–H and O–H groups in total. The van der Waals surface area contributed by atoms with Gasteiger partial charge in [0, 0.05) is 6.54 Å². The molecule has 0 saturated carbocycles. The number of aliphatic carboxylic acids is 1. The van der Waals surface area contributed by atoms with Crippen molar-refractivity contribution in [3.63, 3.8) is 0 Å². The largest absolute Gasteiger partial charge is 0.480 e. The van der Waals surface area contributed by atoms with Crippen LogP contribution in [0.2, 0.25) is 4.34 Å². The van der Waals surface area contributed by atoms with E-state index in [-0.39, 0.29) is 10.8 Å². The number of sulfonamides is 1. The van der Waals surface area contributed by atoms with Crippen molar-refractivity contribution in [1.29, 1.82) is 0 Å². The van der Waals surface area contributed by atoms with Crippen LogP contribution in [0.3, 0.4) is 0 Å². The Hall–Kier alpha value is -0.630. The highest BCUT2D eigenvalue weighted by Crippen LogP contribution is 2.38. The number of halogens is 1. The summed E-state index contributed by atoms with van der Waals surface area (Å²) in [6.07, 6.45) is 0.861. The summed E-state index contributed by atoms with van der Waals surface area (Å²) >= 11 is 6.86. The van der Waals surface area contributed by atoms with Crippen LogP contribution in [0.5, 0.6) is 0 Å². The zero-order valence-electron chi connectivity index (χ0n) is 10.5. The highest BCUT2D eigenvalue weighted by atomic mass is 35.5. The Labute approximate surface area is 120 Å². The van der Waals surface area contributed by atoms with Gasteiger partial charge in [0.2, 0.25) is 0 Å². The number of carbonyl (C=O) groups is 1. The van der Waals surface area contributed by atoms with Gasteiger partial charge in [-0.3, -0.25) is 4.79 Å². The molecule has 0 bridgehead atoms. The summed E-state index contributed by atoms with van der Waals surface area (Å²) in [7, 11) is -3.81. The number of hydrogen-bond acceptors (Lipinski definition) is 4. The zero-order valence-corrected chi connectivity index (χ0v) is 12.9. The third-order valence-corrected chi connectivity index (χ3v) is 7.44. The number of aryl methyl sites for hydroxylation is 1. The van der Waals surface area contributed by atoms with Crippen LogP contribution in [-0.2, 0) is 14.8 Å². The predicted molar refractivity (Wildman–Crippen MR) is 73.2 cm³/mol. The van der Waals surface area contributed by atoms with Gasteiger partial charge < -0.3 is 5.11 Å². The molecule has 1 aliphatic rings. The van der Waals surface area contributed by atoms with Gasteiger partial charge in [-0.2, -0.15) is 4.31 Å². The number of thiophene rings is 1. The second-order valence-electron chi connectivity index (χ2n) is 4.78. The minimum Gasteiger partial charge on any atom is -0.480 e. The Balaban J connectivity index is 2.48. The second-order valence-corrected chi connectivity index (χ2v) is 8.53. The number of carboxylic acid groups (broad SMARTS) is 1. The molecular formula is C11H14ClNO4S2. The third kappa shape index (κ3) is 2.29. The lowest BCUT2D eigenvalue weighted by molar-refractivity contribution is -0.146. The summed E-state index contributed by atoms with van der Waals surface area (Å²) in [4.78, 5) is 11.4. The molecule has 1 aromatic rings. The summed E-state index contributed by atoms with van der Waals surface area (Å²) in [5.74, 6) is -1.12. The average Bonchev–Trinajstić information content (AvgIpc) is 2.85. The molecule has 0 spiro atoms. The molecule has 1 aromatic heterocycles. The quantitative estimate of drug-likeness (QED) is 0.926. The van der Waals surface area contributed by atoms with E-state index in [4.69, 9.17) is 11.6 Å². The maximum atomic E-state index is 12.5. The van der Waals surface area contributed by atoms with Crippen molar-refractivity contribution in [3.05, 3.63) is 16.0 Å². The van der Waals surface area contributed by atoms with Crippen LogP contribution in [0.4, 0.5) is 0 Å². The van der Waals surface area contributed by atoms with Gasteiger partial charge in [-0.25, -0.2) is 8.42 Å². The Morgan fingerprint density at radius 2 is 2.21 bits per heavy atom. The molecule has 0 aromatic carbocycles. The molecular weight excluding hydrogens is 310 g/mol. The fourth-order valence-corrected chi connectivity index (χ4v) is 5.83. The zero-order chi connectivity index (χ0) is 14.4. The van der Waals surface area contributed by atoms with Gasteiger partial charge in [-0.15, -0.1) is 11.3 Å². The number of nitrogens with zero attached hydrogens (tertiary/aromatic N) is 1. The topological polar surface area (TPSA) is 74.7 Å². The minimum atomic E-state index is -3.81. The maximum Gasteiger partial charge on any atom is 0.324 e. The van der Waals surface area contributed by atoms with E-state index in [9.17, 15) is 18.3 Å². The van der Waals surface area contributed by atoms with Crippen LogP contribution in [0, 0.1) is 6.92 Å². The van der Waals surface area contributed by atoms with Crippen LogP contribution in [0.15, 0.2) is 10.3 Å². The van der Waals surface area contributed by atoms with Gasteiger partial charge in [0.05, 0.1) is 4.34 Å². The van der Waals surface area contributed by atoms with Gasteiger partial charge in [0.1, 0.15) is 9.75 Å². The Bertz CT molecular complexity index is 605. The predicted octanol–water partition coefficient (Wildman–Crippen LogP) is 2.34. The monoisotopic (exact) mass is 323 g/mol. The van der Waals surface area contributed by atoms with Gasteiger partial charge in [0.25, 0.3) is 10.0 Å². The van der Waals surface area contributed by atoms with Crippen molar-refractivity contribution in [2.75, 3.05) is 6.54 Å². The van der Waals surface area contributed by atoms with Crippen molar-refractivity contribution in [3.8, 4) is 0 Å². The van der Waals surface area contributed by atoms with Crippen molar-refractivity contribution in [2.45, 2.75) is 36.4 Å². The van der Waals surface area contributed by atoms with Gasteiger partial charge in [-0.05, 0) is 38.3 Å². The molecule has 1 fully saturated rings. The molecule has 5 nitrogen and oxygen atoms in total. The SMILES string of the molecule is Cc1cc(S(=O)(=O)N2CCCC2(C)C(=O)O)sc1Cl. The first-order chi connectivity index (χ1) is 8.69. The number of carboxylic acids is 1. The summed E-state index contributed by atoms with van der Waals surface area (Å²) in [6.45, 7) is 3.39. The maximum absolute atomic E-state index is 12.5. The molecule has 0 radical (unpaired) electrons. The lowest BCUT2D eigenvalue weighted by Crippen LogP contribution is -2.50. The van der Waals surface area contributed by atoms with E-state index in [1.165, 1.54) is 13.0 Å². The van der Waals surface area contributed by atoms with Crippen LogP contribution < -0.4 is 0 Å². The molecule has 0 amide bonds. The smallest absolute Gasteiger partial charge is 0.324 e. The van der Waals surface area contributed by atoms with Crippen molar-refractivity contribution >= 4 is 38.9 Å². The fourth-order valence-electron chi connectivity index (χ4n) is 2.20. The molecule has 106 valence electrons. The Kier molecular flexibility index (Phi) is 3.68. The van der Waals surface area contributed by atoms with E-state index in [0.717, 1.165) is 15.6 Å². The minimum absolute atomic E-state index is 0.101. The Morgan fingerprint density at radius 1 is 1.58 bits per heavy atom. The highest BCUT2D eigenvalue weighted by Gasteiger charge is 2.50. The van der Waals surface area contributed by atoms with Crippen LogP contribution >= 0.6 is 22.9 Å². The second kappa shape index (κ2) is 4.73. The van der Waals surface area contributed by atoms with Crippen molar-refractivity contribution in [2.24, 2.45) is 0 Å². The summed E-state index contributed by atoms with van der Waals surface area (Å²) < 4.78 is 26.7. The fraction of sp³-hybridized carbons (Fsp3) is 0.545. The molecule has 19 heavy (non-hydrogen) atoms. The summed E-state index contributed by atoms with van der Waals surface area (Å²) in [5, 5.41) is 9.28. The molecule has 1 aliphatic heterocycles. The molecule has 1 unspecified atom stereocenters. The normalized spacial score (nSPS) is 24.8. The lowest BCUT2D eigenvalue weighted by Gasteiger charge is -2.29. The van der Waals surface area contributed by atoms with Crippen LogP contribution in [0.1, 0.15) is 25.3 Å². The first-order valence-corrected chi connectivity index (χ1v) is 8.35. The van der Waals surface area contributed by atoms with Crippen molar-refractivity contribution < 1.29 is 18.3 Å². The highest BCUT2D eigenvalue weighted by molar-refractivity contribution is 7.91. The lowest BCUT2D eigenvalue weighted by atomic mass is 10.0. The van der Waals surface area contributed by atoms with E-state index in [2.05, 4.69) is 0 Å². The molecule has 2 heterocycles. The van der Waals surface area contributed by atoms with E-state index >= 15 is 0 Å². The molecule has 8 heteroatoms. The van der Waals surface area contributed by atoms with Crippen LogP contribution in [0.25, 0.3) is 0 Å². The number of hydrogen-bond donors (Lipinski definition) is 1. The summed E-state index contributed by atoms with van der Waals surface area (Å²) in [5.41, 5.74) is -0.690. The van der Waals surface area contributed by atoms with Gasteiger partial charge in [0.15, 0.2) is 0 Å².